The number of esters is 1. The van der Waals surface area contributed by atoms with Crippen molar-refractivity contribution in [3.63, 3.8) is 0 Å². The van der Waals surface area contributed by atoms with Crippen molar-refractivity contribution in [1.82, 2.24) is 5.32 Å². The zero-order valence-corrected chi connectivity index (χ0v) is 36.5. The fraction of sp³-hybridized carbons (Fsp3) is 0.932. The number of allylic oxidation sites excluding steroid dienone is 1. The molecule has 3 aliphatic carbocycles. The second-order valence-corrected chi connectivity index (χ2v) is 23.0. The molecule has 274 valence electrons. The maximum Gasteiger partial charge on any atom is 0.313 e. The average molecular weight is 656 g/mol. The molecule has 2 bridgehead atoms. The minimum atomic E-state index is -0.730. The highest BCUT2D eigenvalue weighted by Crippen LogP contribution is 2.87. The van der Waals surface area contributed by atoms with Crippen LogP contribution in [0.2, 0.25) is 0 Å². The van der Waals surface area contributed by atoms with Crippen LogP contribution < -0.4 is 5.32 Å². The molecular formula is C44H81NO2. The predicted molar refractivity (Wildman–Crippen MR) is 203 cm³/mol. The number of fused-ring (bicyclic) bond motifs is 3. The van der Waals surface area contributed by atoms with Gasteiger partial charge in [-0.05, 0) is 107 Å². The molecule has 3 nitrogen and oxygen atoms in total. The molecule has 3 rings (SSSR count). The van der Waals surface area contributed by atoms with Gasteiger partial charge in [-0.3, -0.25) is 4.79 Å². The summed E-state index contributed by atoms with van der Waals surface area (Å²) in [5.41, 5.74) is 0.215. The van der Waals surface area contributed by atoms with Gasteiger partial charge >= 0.3 is 5.97 Å². The SMILES string of the molecule is CNC(C)(C)C(C)(C)C(=O)OC1C(C)=C2C(C)(C)C(C)(C)C3(C)C(C(C)(C)C(C)(C)C(C)(C)C3(C)C)C(C)(C)C(C)(C2(C)C)C1(C)C. The molecule has 0 aliphatic heterocycles. The molecular weight excluding hydrogens is 574 g/mol. The zero-order chi connectivity index (χ0) is 37.8. The fourth-order valence-electron chi connectivity index (χ4n) is 14.1. The summed E-state index contributed by atoms with van der Waals surface area (Å²) >= 11 is 0. The van der Waals surface area contributed by atoms with Gasteiger partial charge in [0.05, 0.1) is 5.41 Å². The lowest BCUT2D eigenvalue weighted by molar-refractivity contribution is -0.357. The summed E-state index contributed by atoms with van der Waals surface area (Å²) in [6, 6.07) is 0. The Morgan fingerprint density at radius 3 is 1.43 bits per heavy atom. The first kappa shape index (κ1) is 40.6. The van der Waals surface area contributed by atoms with E-state index in [0.29, 0.717) is 5.92 Å². The first-order valence-corrected chi connectivity index (χ1v) is 18.8. The molecule has 0 aromatic rings. The van der Waals surface area contributed by atoms with Gasteiger partial charge in [0.2, 0.25) is 0 Å². The molecule has 3 aliphatic rings. The van der Waals surface area contributed by atoms with E-state index in [4.69, 9.17) is 4.74 Å². The third-order valence-corrected chi connectivity index (χ3v) is 20.4. The van der Waals surface area contributed by atoms with E-state index in [0.717, 1.165) is 0 Å². The van der Waals surface area contributed by atoms with Crippen molar-refractivity contribution in [2.45, 2.75) is 185 Å². The second-order valence-electron chi connectivity index (χ2n) is 23.0. The number of ether oxygens (including phenoxy) is 1. The number of nitrogens with one attached hydrogen (secondary N) is 1. The van der Waals surface area contributed by atoms with Gasteiger partial charge in [0.25, 0.3) is 0 Å². The van der Waals surface area contributed by atoms with Gasteiger partial charge in [-0.1, -0.05) is 144 Å². The standard InChI is InChI=1S/C44H81NO2/c1-27-28-32(2,3)39(16,17)43(24)30(35(8,9)38(14,15)40(18,19)41(43,20)21)36(10,11)44(25,33(28,4)5)34(6,7)29(27)47-31(46)37(12,13)42(22,23)45-26/h29-30,45H,1-26H3. The monoisotopic (exact) mass is 656 g/mol. The lowest BCUT2D eigenvalue weighted by Crippen LogP contribution is -2.80. The Bertz CT molecular complexity index is 1340. The first-order valence-electron chi connectivity index (χ1n) is 18.8. The van der Waals surface area contributed by atoms with Crippen LogP contribution in [0.25, 0.3) is 0 Å². The largest absolute Gasteiger partial charge is 0.457 e. The van der Waals surface area contributed by atoms with E-state index < -0.39 is 11.0 Å². The maximum atomic E-state index is 14.5. The van der Waals surface area contributed by atoms with Crippen LogP contribution in [0.15, 0.2) is 11.1 Å². The molecule has 0 saturated heterocycles. The third-order valence-electron chi connectivity index (χ3n) is 20.4. The molecule has 3 heteroatoms. The second kappa shape index (κ2) is 9.94. The Balaban J connectivity index is 2.66. The smallest absolute Gasteiger partial charge is 0.313 e. The summed E-state index contributed by atoms with van der Waals surface area (Å²) in [6.07, 6.45) is -0.349. The van der Waals surface area contributed by atoms with E-state index in [2.05, 4.69) is 165 Å². The van der Waals surface area contributed by atoms with Gasteiger partial charge in [-0.25, -0.2) is 0 Å². The van der Waals surface area contributed by atoms with Crippen LogP contribution >= 0.6 is 0 Å². The van der Waals surface area contributed by atoms with Crippen LogP contribution in [0, 0.1) is 70.9 Å². The van der Waals surface area contributed by atoms with Gasteiger partial charge in [0.15, 0.2) is 0 Å². The van der Waals surface area contributed by atoms with Gasteiger partial charge < -0.3 is 10.1 Å². The van der Waals surface area contributed by atoms with Gasteiger partial charge in [0.1, 0.15) is 6.10 Å². The van der Waals surface area contributed by atoms with Crippen LogP contribution in [-0.4, -0.2) is 24.7 Å². The van der Waals surface area contributed by atoms with Gasteiger partial charge in [-0.2, -0.15) is 0 Å². The van der Waals surface area contributed by atoms with Crippen molar-refractivity contribution in [2.75, 3.05) is 7.05 Å². The summed E-state index contributed by atoms with van der Waals surface area (Å²) in [7, 11) is 1.94. The summed E-state index contributed by atoms with van der Waals surface area (Å²) < 4.78 is 7.01. The molecule has 1 N–H and O–H groups in total. The molecule has 0 spiro atoms. The Hall–Kier alpha value is -0.830. The number of rotatable bonds is 4. The Kier molecular flexibility index (Phi) is 8.58. The molecule has 0 amide bonds. The number of hydrogen-bond acceptors (Lipinski definition) is 3. The van der Waals surface area contributed by atoms with E-state index in [1.807, 2.05) is 20.9 Å². The molecule has 0 aromatic carbocycles. The summed E-state index contributed by atoms with van der Waals surface area (Å²) in [5.74, 6) is 0.212. The van der Waals surface area contributed by atoms with E-state index in [-0.39, 0.29) is 71.6 Å². The van der Waals surface area contributed by atoms with Crippen molar-refractivity contribution in [3.8, 4) is 0 Å². The van der Waals surface area contributed by atoms with Crippen LogP contribution in [0.5, 0.6) is 0 Å². The highest BCUT2D eigenvalue weighted by molar-refractivity contribution is 5.78. The quantitative estimate of drug-likeness (QED) is 0.242. The average Bonchev–Trinajstić information content (AvgIpc) is 2.87. The summed E-state index contributed by atoms with van der Waals surface area (Å²) in [4.78, 5) is 14.5. The number of hydrogen-bond donors (Lipinski definition) is 1. The summed E-state index contributed by atoms with van der Waals surface area (Å²) in [5, 5.41) is 3.40. The molecule has 2 saturated carbocycles. The van der Waals surface area contributed by atoms with Crippen molar-refractivity contribution < 1.29 is 9.53 Å². The fourth-order valence-corrected chi connectivity index (χ4v) is 14.1. The molecule has 4 unspecified atom stereocenters. The van der Waals surface area contributed by atoms with Gasteiger partial charge in [-0.15, -0.1) is 0 Å². The van der Waals surface area contributed by atoms with Crippen molar-refractivity contribution in [3.05, 3.63) is 11.1 Å². The first-order chi connectivity index (χ1) is 20.2. The van der Waals surface area contributed by atoms with Crippen LogP contribution in [0.3, 0.4) is 0 Å². The van der Waals surface area contributed by atoms with E-state index in [1.165, 1.54) is 11.1 Å². The third kappa shape index (κ3) is 3.94. The highest BCUT2D eigenvalue weighted by Gasteiger charge is 2.82. The topological polar surface area (TPSA) is 38.3 Å². The normalized spacial score (nSPS) is 37.2. The van der Waals surface area contributed by atoms with E-state index >= 15 is 0 Å². The molecule has 0 radical (unpaired) electrons. The lowest BCUT2D eigenvalue weighted by Gasteiger charge is -2.85. The molecule has 2 fully saturated rings. The van der Waals surface area contributed by atoms with Crippen molar-refractivity contribution >= 4 is 5.97 Å². The van der Waals surface area contributed by atoms with Crippen molar-refractivity contribution in [1.29, 1.82) is 0 Å². The Labute approximate surface area is 294 Å². The Morgan fingerprint density at radius 2 is 1.02 bits per heavy atom. The minimum absolute atomic E-state index is 0.0128. The molecule has 0 aromatic heterocycles. The zero-order valence-electron chi connectivity index (χ0n) is 36.5. The van der Waals surface area contributed by atoms with E-state index in [1.54, 1.807) is 0 Å². The van der Waals surface area contributed by atoms with Crippen molar-refractivity contribution in [2.24, 2.45) is 70.9 Å². The number of carbonyl (C=O) groups excluding carboxylic acids is 1. The molecule has 0 heterocycles. The van der Waals surface area contributed by atoms with Crippen LogP contribution in [-0.2, 0) is 9.53 Å². The maximum absolute atomic E-state index is 14.5. The van der Waals surface area contributed by atoms with E-state index in [9.17, 15) is 4.79 Å². The van der Waals surface area contributed by atoms with Crippen LogP contribution in [0.4, 0.5) is 0 Å². The Morgan fingerprint density at radius 1 is 0.596 bits per heavy atom. The minimum Gasteiger partial charge on any atom is -0.457 e. The molecule has 4 atom stereocenters. The molecule has 47 heavy (non-hydrogen) atoms. The van der Waals surface area contributed by atoms with Gasteiger partial charge in [0, 0.05) is 11.0 Å². The highest BCUT2D eigenvalue weighted by atomic mass is 16.5. The summed E-state index contributed by atoms with van der Waals surface area (Å²) in [6.45, 7) is 62.0. The number of carbonyl (C=O) groups is 1. The lowest BCUT2D eigenvalue weighted by atomic mass is 9.19. The van der Waals surface area contributed by atoms with Crippen LogP contribution in [0.1, 0.15) is 173 Å². The predicted octanol–water partition coefficient (Wildman–Crippen LogP) is 12.1.